The van der Waals surface area contributed by atoms with Crippen LogP contribution in [0.3, 0.4) is 0 Å². The summed E-state index contributed by atoms with van der Waals surface area (Å²) in [6.45, 7) is 4.81. The van der Waals surface area contributed by atoms with Crippen molar-refractivity contribution < 1.29 is 4.39 Å². The fraction of sp³-hybridized carbons (Fsp3) is 0.312. The van der Waals surface area contributed by atoms with Crippen molar-refractivity contribution in [2.45, 2.75) is 26.3 Å². The van der Waals surface area contributed by atoms with Crippen LogP contribution in [0.25, 0.3) is 0 Å². The Kier molecular flexibility index (Phi) is 4.69. The van der Waals surface area contributed by atoms with Gasteiger partial charge in [0.15, 0.2) is 0 Å². The lowest BCUT2D eigenvalue weighted by Crippen LogP contribution is -2.25. The second-order valence-electron chi connectivity index (χ2n) is 4.89. The summed E-state index contributed by atoms with van der Waals surface area (Å²) in [5.74, 6) is 0.203. The molecule has 0 aliphatic carbocycles. The van der Waals surface area contributed by atoms with E-state index in [1.807, 2.05) is 25.1 Å². The van der Waals surface area contributed by atoms with Gasteiger partial charge in [-0.3, -0.25) is 0 Å². The fourth-order valence-electron chi connectivity index (χ4n) is 2.23. The molecule has 4 heteroatoms. The average molecular weight is 273 g/mol. The zero-order valence-corrected chi connectivity index (χ0v) is 11.9. The minimum Gasteiger partial charge on any atom is -0.383 e. The first-order chi connectivity index (χ1) is 9.63. The van der Waals surface area contributed by atoms with E-state index in [0.29, 0.717) is 11.4 Å². The highest BCUT2D eigenvalue weighted by molar-refractivity contribution is 5.46. The molecule has 106 valence electrons. The molecule has 0 radical (unpaired) electrons. The van der Waals surface area contributed by atoms with E-state index in [1.165, 1.54) is 6.07 Å². The number of anilines is 1. The van der Waals surface area contributed by atoms with Crippen LogP contribution >= 0.6 is 0 Å². The molecule has 1 aromatic carbocycles. The summed E-state index contributed by atoms with van der Waals surface area (Å²) in [6.07, 6.45) is 2.60. The molecule has 0 aliphatic rings. The Morgan fingerprint density at radius 1 is 1.30 bits per heavy atom. The molecular weight excluding hydrogens is 253 g/mol. The van der Waals surface area contributed by atoms with Gasteiger partial charge in [0.2, 0.25) is 0 Å². The summed E-state index contributed by atoms with van der Waals surface area (Å²) >= 11 is 0. The summed E-state index contributed by atoms with van der Waals surface area (Å²) in [4.78, 5) is 4.10. The zero-order chi connectivity index (χ0) is 14.5. The molecule has 20 heavy (non-hydrogen) atoms. The van der Waals surface area contributed by atoms with Crippen molar-refractivity contribution >= 4 is 5.82 Å². The van der Waals surface area contributed by atoms with Gasteiger partial charge in [0, 0.05) is 17.3 Å². The Hall–Kier alpha value is -1.94. The number of hydrogen-bond donors (Lipinski definition) is 2. The second kappa shape index (κ2) is 6.48. The highest BCUT2D eigenvalue weighted by atomic mass is 19.1. The molecule has 1 aromatic heterocycles. The Morgan fingerprint density at radius 2 is 2.10 bits per heavy atom. The van der Waals surface area contributed by atoms with Crippen LogP contribution in [-0.2, 0) is 0 Å². The summed E-state index contributed by atoms with van der Waals surface area (Å²) in [7, 11) is 0. The van der Waals surface area contributed by atoms with Gasteiger partial charge in [-0.05, 0) is 32.0 Å². The van der Waals surface area contributed by atoms with Crippen LogP contribution in [0.2, 0.25) is 0 Å². The lowest BCUT2D eigenvalue weighted by atomic mass is 9.97. The molecular formula is C16H20FN3. The summed E-state index contributed by atoms with van der Waals surface area (Å²) < 4.78 is 14.2. The van der Waals surface area contributed by atoms with Crippen molar-refractivity contribution in [3.63, 3.8) is 0 Å². The number of pyridine rings is 1. The maximum Gasteiger partial charge on any atom is 0.128 e. The number of benzene rings is 1. The van der Waals surface area contributed by atoms with Gasteiger partial charge in [-0.2, -0.15) is 0 Å². The van der Waals surface area contributed by atoms with Crippen LogP contribution in [0.15, 0.2) is 36.5 Å². The third-order valence-electron chi connectivity index (χ3n) is 3.24. The Bertz CT molecular complexity index is 584. The molecule has 3 nitrogen and oxygen atoms in total. The topological polar surface area (TPSA) is 50.9 Å². The SMILES string of the molecule is CCCNC(c1cc(C)ccc1F)c1cccnc1N. The molecule has 1 unspecified atom stereocenters. The summed E-state index contributed by atoms with van der Waals surface area (Å²) in [6, 6.07) is 8.55. The highest BCUT2D eigenvalue weighted by Gasteiger charge is 2.19. The first-order valence-electron chi connectivity index (χ1n) is 6.83. The van der Waals surface area contributed by atoms with Crippen molar-refractivity contribution in [1.82, 2.24) is 10.3 Å². The standard InChI is InChI=1S/C16H20FN3/c1-3-8-19-15(12-5-4-9-20-16(12)18)13-10-11(2)6-7-14(13)17/h4-7,9-10,15,19H,3,8H2,1-2H3,(H2,18,20). The van der Waals surface area contributed by atoms with Gasteiger partial charge < -0.3 is 11.1 Å². The van der Waals surface area contributed by atoms with Gasteiger partial charge in [0.05, 0.1) is 6.04 Å². The number of aryl methyl sites for hydroxylation is 1. The molecule has 0 bridgehead atoms. The number of rotatable bonds is 5. The number of nitrogens with two attached hydrogens (primary N) is 1. The van der Waals surface area contributed by atoms with E-state index >= 15 is 0 Å². The molecule has 0 saturated carbocycles. The maximum atomic E-state index is 14.2. The largest absolute Gasteiger partial charge is 0.383 e. The van der Waals surface area contributed by atoms with Crippen molar-refractivity contribution in [2.75, 3.05) is 12.3 Å². The summed E-state index contributed by atoms with van der Waals surface area (Å²) in [5.41, 5.74) is 8.39. The van der Waals surface area contributed by atoms with Gasteiger partial charge in [-0.15, -0.1) is 0 Å². The number of nitrogen functional groups attached to an aromatic ring is 1. The van der Waals surface area contributed by atoms with Crippen LogP contribution in [0.4, 0.5) is 10.2 Å². The van der Waals surface area contributed by atoms with Gasteiger partial charge in [-0.1, -0.05) is 30.7 Å². The van der Waals surface area contributed by atoms with Crippen LogP contribution < -0.4 is 11.1 Å². The molecule has 0 saturated heterocycles. The number of hydrogen-bond acceptors (Lipinski definition) is 3. The fourth-order valence-corrected chi connectivity index (χ4v) is 2.23. The van der Waals surface area contributed by atoms with Gasteiger partial charge in [0.1, 0.15) is 11.6 Å². The lowest BCUT2D eigenvalue weighted by Gasteiger charge is -2.21. The molecule has 3 N–H and O–H groups in total. The average Bonchev–Trinajstić information content (AvgIpc) is 2.44. The minimum absolute atomic E-state index is 0.229. The molecule has 0 aliphatic heterocycles. The van der Waals surface area contributed by atoms with Crippen molar-refractivity contribution in [3.05, 3.63) is 59.0 Å². The third kappa shape index (κ3) is 3.14. The van der Waals surface area contributed by atoms with Crippen LogP contribution in [-0.4, -0.2) is 11.5 Å². The lowest BCUT2D eigenvalue weighted by molar-refractivity contribution is 0.546. The Labute approximate surface area is 119 Å². The highest BCUT2D eigenvalue weighted by Crippen LogP contribution is 2.28. The van der Waals surface area contributed by atoms with Crippen LogP contribution in [0.1, 0.15) is 36.1 Å². The van der Waals surface area contributed by atoms with E-state index in [1.54, 1.807) is 12.3 Å². The molecule has 0 amide bonds. The number of nitrogens with one attached hydrogen (secondary N) is 1. The predicted octanol–water partition coefficient (Wildman–Crippen LogP) is 3.20. The number of halogens is 1. The Balaban J connectivity index is 2.47. The van der Waals surface area contributed by atoms with Gasteiger partial charge >= 0.3 is 0 Å². The smallest absolute Gasteiger partial charge is 0.128 e. The minimum atomic E-state index is -0.274. The first kappa shape index (κ1) is 14.5. The van der Waals surface area contributed by atoms with E-state index in [0.717, 1.165) is 24.1 Å². The van der Waals surface area contributed by atoms with E-state index in [9.17, 15) is 4.39 Å². The molecule has 0 spiro atoms. The van der Waals surface area contributed by atoms with E-state index in [4.69, 9.17) is 5.73 Å². The number of aromatic nitrogens is 1. The van der Waals surface area contributed by atoms with Crippen molar-refractivity contribution in [1.29, 1.82) is 0 Å². The van der Waals surface area contributed by atoms with Gasteiger partial charge in [-0.25, -0.2) is 9.37 Å². The van der Waals surface area contributed by atoms with E-state index in [-0.39, 0.29) is 11.9 Å². The van der Waals surface area contributed by atoms with Crippen molar-refractivity contribution in [2.24, 2.45) is 0 Å². The van der Waals surface area contributed by atoms with Crippen molar-refractivity contribution in [3.8, 4) is 0 Å². The first-order valence-corrected chi connectivity index (χ1v) is 6.83. The zero-order valence-electron chi connectivity index (χ0n) is 11.9. The molecule has 2 aromatic rings. The third-order valence-corrected chi connectivity index (χ3v) is 3.24. The number of nitrogens with zero attached hydrogens (tertiary/aromatic N) is 1. The molecule has 1 atom stereocenters. The molecule has 2 rings (SSSR count). The molecule has 1 heterocycles. The van der Waals surface area contributed by atoms with E-state index < -0.39 is 0 Å². The normalized spacial score (nSPS) is 12.3. The maximum absolute atomic E-state index is 14.2. The quantitative estimate of drug-likeness (QED) is 0.879. The summed E-state index contributed by atoms with van der Waals surface area (Å²) in [5, 5.41) is 3.35. The predicted molar refractivity (Wildman–Crippen MR) is 79.9 cm³/mol. The molecule has 0 fully saturated rings. The van der Waals surface area contributed by atoms with Crippen LogP contribution in [0, 0.1) is 12.7 Å². The van der Waals surface area contributed by atoms with Crippen LogP contribution in [0.5, 0.6) is 0 Å². The van der Waals surface area contributed by atoms with E-state index in [2.05, 4.69) is 17.2 Å². The van der Waals surface area contributed by atoms with Gasteiger partial charge in [0.25, 0.3) is 0 Å². The monoisotopic (exact) mass is 273 g/mol. The second-order valence-corrected chi connectivity index (χ2v) is 4.89. The Morgan fingerprint density at radius 3 is 2.80 bits per heavy atom.